The van der Waals surface area contributed by atoms with Gasteiger partial charge in [-0.3, -0.25) is 4.79 Å². The van der Waals surface area contributed by atoms with Crippen LogP contribution in [0, 0.1) is 13.8 Å². The van der Waals surface area contributed by atoms with Crippen molar-refractivity contribution in [3.05, 3.63) is 58.6 Å². The summed E-state index contributed by atoms with van der Waals surface area (Å²) >= 11 is 6.89. The molecule has 0 radical (unpaired) electrons. The van der Waals surface area contributed by atoms with Gasteiger partial charge in [-0.25, -0.2) is 4.98 Å². The first-order valence-electron chi connectivity index (χ1n) is 8.06. The monoisotopic (exact) mass is 404 g/mol. The molecule has 0 atom stereocenters. The molecular weight excluding hydrogens is 388 g/mol. The van der Waals surface area contributed by atoms with E-state index in [1.54, 1.807) is 12.1 Å². The summed E-state index contributed by atoms with van der Waals surface area (Å²) in [5.41, 5.74) is 2.14. The molecule has 2 heterocycles. The van der Waals surface area contributed by atoms with Crippen molar-refractivity contribution in [2.45, 2.75) is 25.7 Å². The van der Waals surface area contributed by atoms with E-state index < -0.39 is 0 Å². The fourth-order valence-corrected chi connectivity index (χ4v) is 2.81. The summed E-state index contributed by atoms with van der Waals surface area (Å²) in [6.45, 7) is 4.13. The van der Waals surface area contributed by atoms with Crippen molar-refractivity contribution in [3.8, 4) is 5.75 Å². The number of benzene rings is 1. The minimum atomic E-state index is -0.235. The first-order valence-corrected chi connectivity index (χ1v) is 9.42. The van der Waals surface area contributed by atoms with Gasteiger partial charge in [0.1, 0.15) is 11.6 Å². The van der Waals surface area contributed by atoms with E-state index in [1.807, 2.05) is 32.0 Å². The Kier molecular flexibility index (Phi) is 6.31. The van der Waals surface area contributed by atoms with E-state index in [1.165, 1.54) is 6.20 Å². The molecule has 9 heteroatoms. The molecule has 7 nitrogen and oxygen atoms in total. The molecule has 0 saturated carbocycles. The molecule has 0 bridgehead atoms. The molecule has 3 rings (SSSR count). The molecule has 0 saturated heterocycles. The topological polar surface area (TPSA) is 90.1 Å². The smallest absolute Gasteiger partial charge is 0.277 e. The number of rotatable bonds is 7. The molecule has 2 aromatic heterocycles. The second kappa shape index (κ2) is 8.88. The van der Waals surface area contributed by atoms with Crippen LogP contribution in [0.4, 0.5) is 5.82 Å². The maximum Gasteiger partial charge on any atom is 0.277 e. The van der Waals surface area contributed by atoms with Crippen LogP contribution in [-0.2, 0) is 11.4 Å². The Labute approximate surface area is 165 Å². The van der Waals surface area contributed by atoms with E-state index in [0.29, 0.717) is 22.0 Å². The van der Waals surface area contributed by atoms with Gasteiger partial charge < -0.3 is 14.5 Å². The van der Waals surface area contributed by atoms with Gasteiger partial charge in [-0.1, -0.05) is 35.5 Å². The lowest BCUT2D eigenvalue weighted by atomic mass is 10.1. The highest BCUT2D eigenvalue weighted by atomic mass is 35.5. The summed E-state index contributed by atoms with van der Waals surface area (Å²) in [4.78, 5) is 15.9. The zero-order chi connectivity index (χ0) is 19.2. The summed E-state index contributed by atoms with van der Waals surface area (Å²) in [6.07, 6.45) is 1.46. The number of carbonyl (C=O) groups excluding carboxylic acids is 1. The molecule has 0 aliphatic rings. The zero-order valence-electron chi connectivity index (χ0n) is 14.7. The second-order valence-corrected chi connectivity index (χ2v) is 7.08. The molecule has 3 aromatic rings. The van der Waals surface area contributed by atoms with Crippen molar-refractivity contribution in [1.29, 1.82) is 0 Å². The van der Waals surface area contributed by atoms with Crippen LogP contribution < -0.4 is 10.1 Å². The molecule has 27 heavy (non-hydrogen) atoms. The second-order valence-electron chi connectivity index (χ2n) is 5.72. The van der Waals surface area contributed by atoms with E-state index in [-0.39, 0.29) is 18.3 Å². The fraction of sp³-hybridized carbons (Fsp3) is 0.222. The highest BCUT2D eigenvalue weighted by Gasteiger charge is 2.11. The van der Waals surface area contributed by atoms with E-state index in [0.717, 1.165) is 28.6 Å². The van der Waals surface area contributed by atoms with E-state index >= 15 is 0 Å². The van der Waals surface area contributed by atoms with Gasteiger partial charge in [0, 0.05) is 6.20 Å². The highest BCUT2D eigenvalue weighted by molar-refractivity contribution is 7.99. The number of hydrogen-bond acceptors (Lipinski definition) is 7. The highest BCUT2D eigenvalue weighted by Crippen LogP contribution is 2.21. The first kappa shape index (κ1) is 19.2. The molecule has 1 N–H and O–H groups in total. The van der Waals surface area contributed by atoms with E-state index in [9.17, 15) is 4.79 Å². The van der Waals surface area contributed by atoms with Crippen molar-refractivity contribution < 1.29 is 13.9 Å². The van der Waals surface area contributed by atoms with Crippen molar-refractivity contribution in [1.82, 2.24) is 15.2 Å². The largest absolute Gasteiger partial charge is 0.484 e. The van der Waals surface area contributed by atoms with E-state index in [2.05, 4.69) is 20.5 Å². The van der Waals surface area contributed by atoms with Gasteiger partial charge in [-0.15, -0.1) is 10.2 Å². The molecule has 1 amide bonds. The first-order chi connectivity index (χ1) is 13.0. The summed E-state index contributed by atoms with van der Waals surface area (Å²) in [5.74, 6) is 1.43. The molecule has 140 valence electrons. The Morgan fingerprint density at radius 2 is 2.11 bits per heavy atom. The van der Waals surface area contributed by atoms with Crippen LogP contribution in [0.2, 0.25) is 5.02 Å². The number of aryl methyl sites for hydroxylation is 2. The molecule has 0 aliphatic carbocycles. The van der Waals surface area contributed by atoms with Gasteiger partial charge in [0.05, 0.1) is 10.8 Å². The molecule has 1 aromatic carbocycles. The number of nitrogens with one attached hydrogen (secondary N) is 1. The van der Waals surface area contributed by atoms with Crippen LogP contribution in [0.25, 0.3) is 0 Å². The van der Waals surface area contributed by atoms with Gasteiger partial charge in [-0.2, -0.15) is 0 Å². The number of pyridine rings is 1. The van der Waals surface area contributed by atoms with Crippen molar-refractivity contribution in [3.63, 3.8) is 0 Å². The quantitative estimate of drug-likeness (QED) is 0.594. The van der Waals surface area contributed by atoms with E-state index in [4.69, 9.17) is 20.8 Å². The van der Waals surface area contributed by atoms with Crippen LogP contribution >= 0.6 is 23.4 Å². The predicted octanol–water partition coefficient (Wildman–Crippen LogP) is 4.04. The van der Waals surface area contributed by atoms with Crippen molar-refractivity contribution >= 4 is 35.1 Å². The van der Waals surface area contributed by atoms with Crippen molar-refractivity contribution in [2.24, 2.45) is 0 Å². The third-order valence-corrected chi connectivity index (χ3v) is 4.51. The van der Waals surface area contributed by atoms with Crippen LogP contribution in [-0.4, -0.2) is 26.8 Å². The molecule has 0 aliphatic heterocycles. The lowest BCUT2D eigenvalue weighted by Gasteiger charge is -2.07. The minimum Gasteiger partial charge on any atom is -0.484 e. The Morgan fingerprint density at radius 3 is 2.89 bits per heavy atom. The zero-order valence-corrected chi connectivity index (χ0v) is 16.3. The lowest BCUT2D eigenvalue weighted by Crippen LogP contribution is -2.14. The van der Waals surface area contributed by atoms with Gasteiger partial charge in [0.15, 0.2) is 6.61 Å². The Hall–Kier alpha value is -2.58. The number of halogens is 1. The fourth-order valence-electron chi connectivity index (χ4n) is 2.11. The average Bonchev–Trinajstić information content (AvgIpc) is 3.11. The number of aromatic nitrogens is 3. The normalized spacial score (nSPS) is 10.6. The maximum absolute atomic E-state index is 11.9. The van der Waals surface area contributed by atoms with Crippen LogP contribution in [0.5, 0.6) is 5.75 Å². The molecule has 0 fully saturated rings. The summed E-state index contributed by atoms with van der Waals surface area (Å²) in [5, 5.41) is 11.3. The number of carbonyl (C=O) groups is 1. The minimum absolute atomic E-state index is 0.115. The number of anilines is 1. The lowest BCUT2D eigenvalue weighted by molar-refractivity contribution is -0.113. The third-order valence-electron chi connectivity index (χ3n) is 3.46. The number of thioether (sulfide) groups is 1. The number of amides is 1. The summed E-state index contributed by atoms with van der Waals surface area (Å²) < 4.78 is 11.2. The predicted molar refractivity (Wildman–Crippen MR) is 103 cm³/mol. The van der Waals surface area contributed by atoms with Crippen LogP contribution in [0.3, 0.4) is 0 Å². The van der Waals surface area contributed by atoms with Crippen molar-refractivity contribution in [2.75, 3.05) is 11.1 Å². The maximum atomic E-state index is 11.9. The third kappa shape index (κ3) is 5.70. The van der Waals surface area contributed by atoms with Gasteiger partial charge in [-0.05, 0) is 43.2 Å². The average molecular weight is 405 g/mol. The standard InChI is InChI=1S/C18H17ClN4O3S/c1-11-3-4-12(2)14(7-11)25-9-17-22-23-18(26-17)27-10-16(24)21-15-6-5-13(19)8-20-15/h3-8H,9-10H2,1-2H3,(H,20,21,24). The molecular formula is C18H17ClN4O3S. The van der Waals surface area contributed by atoms with Crippen LogP contribution in [0.1, 0.15) is 17.0 Å². The number of ether oxygens (including phenoxy) is 1. The Balaban J connectivity index is 1.48. The number of nitrogens with zero attached hydrogens (tertiary/aromatic N) is 3. The van der Waals surface area contributed by atoms with Crippen LogP contribution in [0.15, 0.2) is 46.2 Å². The Bertz CT molecular complexity index is 931. The molecule has 0 spiro atoms. The SMILES string of the molecule is Cc1ccc(C)c(OCc2nnc(SCC(=O)Nc3ccc(Cl)cn3)o2)c1. The summed E-state index contributed by atoms with van der Waals surface area (Å²) in [7, 11) is 0. The van der Waals surface area contributed by atoms with Gasteiger partial charge >= 0.3 is 0 Å². The number of hydrogen-bond donors (Lipinski definition) is 1. The van der Waals surface area contributed by atoms with Gasteiger partial charge in [0.2, 0.25) is 5.91 Å². The molecule has 0 unspecified atom stereocenters. The Morgan fingerprint density at radius 1 is 1.26 bits per heavy atom. The summed E-state index contributed by atoms with van der Waals surface area (Å²) in [6, 6.07) is 9.25. The van der Waals surface area contributed by atoms with Gasteiger partial charge in [0.25, 0.3) is 11.1 Å².